The zero-order valence-corrected chi connectivity index (χ0v) is 15.8. The van der Waals surface area contributed by atoms with Crippen molar-refractivity contribution in [2.24, 2.45) is 16.7 Å². The number of likely N-dealkylation sites (tertiary alicyclic amines) is 1. The van der Waals surface area contributed by atoms with Gasteiger partial charge in [-0.1, -0.05) is 38.1 Å². The molecule has 3 fully saturated rings. The van der Waals surface area contributed by atoms with Gasteiger partial charge in [-0.25, -0.2) is 4.39 Å². The van der Waals surface area contributed by atoms with Gasteiger partial charge in [-0.2, -0.15) is 0 Å². The van der Waals surface area contributed by atoms with Crippen molar-refractivity contribution in [1.29, 1.82) is 0 Å². The molecule has 3 nitrogen and oxygen atoms in total. The Morgan fingerprint density at radius 3 is 2.54 bits per heavy atom. The van der Waals surface area contributed by atoms with Crippen LogP contribution < -0.4 is 4.74 Å². The van der Waals surface area contributed by atoms with E-state index in [1.54, 1.807) is 18.2 Å². The molecule has 1 aromatic rings. The van der Waals surface area contributed by atoms with Gasteiger partial charge in [0, 0.05) is 25.9 Å². The first-order valence-corrected chi connectivity index (χ1v) is 9.75. The number of rotatable bonds is 3. The van der Waals surface area contributed by atoms with Gasteiger partial charge in [0.2, 0.25) is 5.91 Å². The maximum absolute atomic E-state index is 13.8. The van der Waals surface area contributed by atoms with Gasteiger partial charge in [-0.15, -0.1) is 0 Å². The van der Waals surface area contributed by atoms with Gasteiger partial charge in [0.25, 0.3) is 0 Å². The quantitative estimate of drug-likeness (QED) is 0.741. The summed E-state index contributed by atoms with van der Waals surface area (Å²) in [4.78, 5) is 15.4. The molecular weight excluding hydrogens is 329 g/mol. The molecule has 1 amide bonds. The average molecular weight is 357 g/mol. The van der Waals surface area contributed by atoms with Crippen LogP contribution in [0.25, 0.3) is 0 Å². The SMILES string of the molecule is C=C1C(C)(C)[C@H]2CC[C@@]1(C(=O)N1CCC(Oc3ccccc3F)CC1)C2. The first-order chi connectivity index (χ1) is 12.3. The topological polar surface area (TPSA) is 29.5 Å². The monoisotopic (exact) mass is 357 g/mol. The van der Waals surface area contributed by atoms with Crippen molar-refractivity contribution in [3.05, 3.63) is 42.2 Å². The number of amides is 1. The molecule has 3 aliphatic rings. The third-order valence-corrected chi connectivity index (χ3v) is 7.16. The zero-order valence-electron chi connectivity index (χ0n) is 15.8. The van der Waals surface area contributed by atoms with Gasteiger partial charge in [0.15, 0.2) is 11.6 Å². The summed E-state index contributed by atoms with van der Waals surface area (Å²) < 4.78 is 19.6. The van der Waals surface area contributed by atoms with E-state index >= 15 is 0 Å². The highest BCUT2D eigenvalue weighted by atomic mass is 19.1. The minimum Gasteiger partial charge on any atom is -0.487 e. The first kappa shape index (κ1) is 17.6. The van der Waals surface area contributed by atoms with Crippen molar-refractivity contribution in [3.63, 3.8) is 0 Å². The number of fused-ring (bicyclic) bond motifs is 2. The van der Waals surface area contributed by atoms with Crippen LogP contribution >= 0.6 is 0 Å². The Balaban J connectivity index is 1.40. The summed E-state index contributed by atoms with van der Waals surface area (Å²) in [6.45, 7) is 10.2. The predicted molar refractivity (Wildman–Crippen MR) is 99.3 cm³/mol. The summed E-state index contributed by atoms with van der Waals surface area (Å²) in [6.07, 6.45) is 4.50. The number of ether oxygens (including phenoxy) is 1. The summed E-state index contributed by atoms with van der Waals surface area (Å²) in [5, 5.41) is 0. The number of carbonyl (C=O) groups is 1. The van der Waals surface area contributed by atoms with Gasteiger partial charge < -0.3 is 9.64 Å². The Hall–Kier alpha value is -1.84. The van der Waals surface area contributed by atoms with Crippen LogP contribution in [0.5, 0.6) is 5.75 Å². The molecule has 0 radical (unpaired) electrons. The highest BCUT2D eigenvalue weighted by molar-refractivity contribution is 5.87. The molecule has 0 spiro atoms. The number of nitrogens with zero attached hydrogens (tertiary/aromatic N) is 1. The molecule has 1 heterocycles. The molecule has 0 N–H and O–H groups in total. The lowest BCUT2D eigenvalue weighted by atomic mass is 9.68. The van der Waals surface area contributed by atoms with Crippen LogP contribution in [-0.2, 0) is 4.79 Å². The molecule has 2 bridgehead atoms. The molecule has 1 aromatic carbocycles. The number of para-hydroxylation sites is 1. The molecule has 2 saturated carbocycles. The lowest BCUT2D eigenvalue weighted by Gasteiger charge is -2.41. The fraction of sp³-hybridized carbons (Fsp3) is 0.591. The van der Waals surface area contributed by atoms with Crippen LogP contribution in [0.3, 0.4) is 0 Å². The van der Waals surface area contributed by atoms with Crippen LogP contribution in [0.2, 0.25) is 0 Å². The van der Waals surface area contributed by atoms with Crippen molar-refractivity contribution in [1.82, 2.24) is 4.90 Å². The molecule has 2 atom stereocenters. The summed E-state index contributed by atoms with van der Waals surface area (Å²) in [5.41, 5.74) is 0.865. The van der Waals surface area contributed by atoms with E-state index in [1.807, 2.05) is 4.90 Å². The molecule has 2 aliphatic carbocycles. The Kier molecular flexibility index (Phi) is 4.13. The van der Waals surface area contributed by atoms with Gasteiger partial charge >= 0.3 is 0 Å². The Morgan fingerprint density at radius 2 is 1.92 bits per heavy atom. The van der Waals surface area contributed by atoms with E-state index < -0.39 is 0 Å². The molecule has 4 heteroatoms. The van der Waals surface area contributed by atoms with E-state index in [0.717, 1.165) is 37.7 Å². The molecule has 0 aromatic heterocycles. The second-order valence-electron chi connectivity index (χ2n) is 8.76. The summed E-state index contributed by atoms with van der Waals surface area (Å²) >= 11 is 0. The summed E-state index contributed by atoms with van der Waals surface area (Å²) in [6, 6.07) is 6.51. The van der Waals surface area contributed by atoms with E-state index in [4.69, 9.17) is 4.74 Å². The molecule has 0 unspecified atom stereocenters. The maximum atomic E-state index is 13.8. The summed E-state index contributed by atoms with van der Waals surface area (Å²) in [5.74, 6) is 0.826. The van der Waals surface area contributed by atoms with E-state index in [0.29, 0.717) is 24.8 Å². The number of benzene rings is 1. The van der Waals surface area contributed by atoms with Gasteiger partial charge in [-0.05, 0) is 42.7 Å². The standard InChI is InChI=1S/C22H28FNO2/c1-15-21(2,3)16-8-11-22(15,14-16)20(25)24-12-9-17(10-13-24)26-19-7-5-4-6-18(19)23/h4-7,16-17H,1,8-14H2,2-3H3/t16-,22+/m0/s1. The molecule has 1 saturated heterocycles. The predicted octanol–water partition coefficient (Wildman–Crippen LogP) is 4.58. The minimum atomic E-state index is -0.340. The van der Waals surface area contributed by atoms with E-state index in [2.05, 4.69) is 20.4 Å². The van der Waals surface area contributed by atoms with Gasteiger partial charge in [-0.3, -0.25) is 4.79 Å². The lowest BCUT2D eigenvalue weighted by molar-refractivity contribution is -0.141. The number of hydrogen-bond acceptors (Lipinski definition) is 2. The van der Waals surface area contributed by atoms with Crippen molar-refractivity contribution in [3.8, 4) is 5.75 Å². The number of halogens is 1. The Bertz CT molecular complexity index is 735. The largest absolute Gasteiger partial charge is 0.487 e. The molecule has 26 heavy (non-hydrogen) atoms. The average Bonchev–Trinajstić information content (AvgIpc) is 3.16. The third kappa shape index (κ3) is 2.57. The Morgan fingerprint density at radius 1 is 1.23 bits per heavy atom. The zero-order chi connectivity index (χ0) is 18.5. The molecule has 4 rings (SSSR count). The van der Waals surface area contributed by atoms with Crippen molar-refractivity contribution in [2.45, 2.75) is 52.1 Å². The van der Waals surface area contributed by atoms with Crippen LogP contribution in [0.15, 0.2) is 36.4 Å². The lowest BCUT2D eigenvalue weighted by Crippen LogP contribution is -2.49. The van der Waals surface area contributed by atoms with E-state index in [1.165, 1.54) is 6.07 Å². The molecular formula is C22H28FNO2. The van der Waals surface area contributed by atoms with Crippen molar-refractivity contribution in [2.75, 3.05) is 13.1 Å². The maximum Gasteiger partial charge on any atom is 0.232 e. The van der Waals surface area contributed by atoms with Crippen LogP contribution in [0, 0.1) is 22.6 Å². The van der Waals surface area contributed by atoms with Crippen molar-refractivity contribution >= 4 is 5.91 Å². The third-order valence-electron chi connectivity index (χ3n) is 7.16. The molecule has 140 valence electrons. The molecule has 1 aliphatic heterocycles. The first-order valence-electron chi connectivity index (χ1n) is 9.75. The van der Waals surface area contributed by atoms with E-state index in [9.17, 15) is 9.18 Å². The fourth-order valence-electron chi connectivity index (χ4n) is 5.32. The number of piperidine rings is 1. The highest BCUT2D eigenvalue weighted by Gasteiger charge is 2.61. The van der Waals surface area contributed by atoms with Gasteiger partial charge in [0.05, 0.1) is 5.41 Å². The van der Waals surface area contributed by atoms with Crippen molar-refractivity contribution < 1.29 is 13.9 Å². The number of carbonyl (C=O) groups excluding carboxylic acids is 1. The normalized spacial score (nSPS) is 30.7. The summed E-state index contributed by atoms with van der Waals surface area (Å²) in [7, 11) is 0. The fourth-order valence-corrected chi connectivity index (χ4v) is 5.32. The Labute approximate surface area is 155 Å². The highest BCUT2D eigenvalue weighted by Crippen LogP contribution is 2.66. The smallest absolute Gasteiger partial charge is 0.232 e. The van der Waals surface area contributed by atoms with Crippen LogP contribution in [-0.4, -0.2) is 30.0 Å². The van der Waals surface area contributed by atoms with Crippen LogP contribution in [0.1, 0.15) is 46.0 Å². The van der Waals surface area contributed by atoms with Crippen LogP contribution in [0.4, 0.5) is 4.39 Å². The second-order valence-corrected chi connectivity index (χ2v) is 8.76. The van der Waals surface area contributed by atoms with Gasteiger partial charge in [0.1, 0.15) is 6.10 Å². The van der Waals surface area contributed by atoms with E-state index in [-0.39, 0.29) is 28.7 Å². The minimum absolute atomic E-state index is 0.0343. The number of hydrogen-bond donors (Lipinski definition) is 0. The second kappa shape index (κ2) is 6.11.